The smallest absolute Gasteiger partial charge is 0.330 e. The summed E-state index contributed by atoms with van der Waals surface area (Å²) in [6.45, 7) is 6.86. The van der Waals surface area contributed by atoms with Crippen LogP contribution in [0.25, 0.3) is 17.5 Å². The Bertz CT molecular complexity index is 767. The van der Waals surface area contributed by atoms with Gasteiger partial charge in [-0.25, -0.2) is 14.8 Å². The molecule has 1 heterocycles. The Balaban J connectivity index is 1.81. The summed E-state index contributed by atoms with van der Waals surface area (Å²) in [5.41, 5.74) is 3.11. The Morgan fingerprint density at radius 3 is 2.33 bits per heavy atom. The second-order valence-electron chi connectivity index (χ2n) is 8.03. The Hall–Kier alpha value is -2.49. The fourth-order valence-corrected chi connectivity index (χ4v) is 3.04. The summed E-state index contributed by atoms with van der Waals surface area (Å²) >= 11 is 0. The molecule has 2 rings (SSSR count). The van der Waals surface area contributed by atoms with Crippen molar-refractivity contribution in [3.8, 4) is 11.4 Å². The zero-order valence-electron chi connectivity index (χ0n) is 18.8. The van der Waals surface area contributed by atoms with E-state index in [0.29, 0.717) is 12.5 Å². The van der Waals surface area contributed by atoms with Crippen molar-refractivity contribution in [1.82, 2.24) is 9.97 Å². The summed E-state index contributed by atoms with van der Waals surface area (Å²) in [7, 11) is 0. The molecule has 0 saturated carbocycles. The maximum absolute atomic E-state index is 11.8. The summed E-state index contributed by atoms with van der Waals surface area (Å²) < 4.78 is 5.23. The van der Waals surface area contributed by atoms with Crippen molar-refractivity contribution in [2.45, 2.75) is 72.1 Å². The first-order valence-electron chi connectivity index (χ1n) is 11.4. The van der Waals surface area contributed by atoms with E-state index in [1.807, 2.05) is 36.7 Å². The minimum atomic E-state index is -0.302. The van der Waals surface area contributed by atoms with E-state index in [-0.39, 0.29) is 5.97 Å². The molecule has 30 heavy (non-hydrogen) atoms. The molecule has 4 nitrogen and oxygen atoms in total. The number of benzene rings is 1. The standard InChI is InChI=1S/C26H36N2O2/c1-4-6-7-8-9-10-11-23-18-27-26(28-19-23)24-15-12-22(13-16-24)14-17-25(29)30-20-21(3)5-2/h12-19,21H,4-11,20H2,1-3H3/b17-14+/t21-/m1/s1. The van der Waals surface area contributed by atoms with Crippen LogP contribution in [0.3, 0.4) is 0 Å². The molecule has 4 heteroatoms. The van der Waals surface area contributed by atoms with Gasteiger partial charge >= 0.3 is 5.97 Å². The molecule has 2 aromatic rings. The third-order valence-electron chi connectivity index (χ3n) is 5.31. The van der Waals surface area contributed by atoms with Crippen molar-refractivity contribution >= 4 is 12.0 Å². The monoisotopic (exact) mass is 408 g/mol. The third kappa shape index (κ3) is 8.89. The molecule has 0 spiro atoms. The molecule has 0 unspecified atom stereocenters. The van der Waals surface area contributed by atoms with Crippen LogP contribution >= 0.6 is 0 Å². The lowest BCUT2D eigenvalue weighted by Crippen LogP contribution is -2.08. The van der Waals surface area contributed by atoms with Gasteiger partial charge in [0.1, 0.15) is 0 Å². The molecule has 1 atom stereocenters. The van der Waals surface area contributed by atoms with Gasteiger partial charge in [-0.3, -0.25) is 0 Å². The van der Waals surface area contributed by atoms with Crippen molar-refractivity contribution in [2.24, 2.45) is 5.92 Å². The largest absolute Gasteiger partial charge is 0.462 e. The van der Waals surface area contributed by atoms with E-state index in [4.69, 9.17) is 4.74 Å². The Labute approximate surface area is 181 Å². The van der Waals surface area contributed by atoms with Crippen LogP contribution in [0, 0.1) is 5.92 Å². The first kappa shape index (κ1) is 23.8. The number of carbonyl (C=O) groups excluding carboxylic acids is 1. The van der Waals surface area contributed by atoms with Crippen LogP contribution in [-0.2, 0) is 16.0 Å². The number of aromatic nitrogens is 2. The van der Waals surface area contributed by atoms with Crippen LogP contribution in [0.1, 0.15) is 76.8 Å². The van der Waals surface area contributed by atoms with Crippen LogP contribution < -0.4 is 0 Å². The molecule has 1 aromatic carbocycles. The average molecular weight is 409 g/mol. The summed E-state index contributed by atoms with van der Waals surface area (Å²) in [5, 5.41) is 0. The number of esters is 1. The van der Waals surface area contributed by atoms with Crippen molar-refractivity contribution in [3.63, 3.8) is 0 Å². The second kappa shape index (κ2) is 13.7. The van der Waals surface area contributed by atoms with E-state index in [0.717, 1.165) is 29.8 Å². The maximum atomic E-state index is 11.8. The summed E-state index contributed by atoms with van der Waals surface area (Å²) in [6, 6.07) is 7.88. The average Bonchev–Trinajstić information content (AvgIpc) is 2.79. The topological polar surface area (TPSA) is 52.1 Å². The predicted octanol–water partition coefficient (Wildman–Crippen LogP) is 6.65. The second-order valence-corrected chi connectivity index (χ2v) is 8.03. The van der Waals surface area contributed by atoms with Crippen LogP contribution in [0.2, 0.25) is 0 Å². The number of hydrogen-bond acceptors (Lipinski definition) is 4. The molecule has 0 bridgehead atoms. The molecule has 0 aliphatic heterocycles. The lowest BCUT2D eigenvalue weighted by atomic mass is 10.1. The lowest BCUT2D eigenvalue weighted by molar-refractivity contribution is -0.138. The van der Waals surface area contributed by atoms with Gasteiger partial charge in [0.25, 0.3) is 0 Å². The number of unbranched alkanes of at least 4 members (excludes halogenated alkanes) is 5. The number of hydrogen-bond donors (Lipinski definition) is 0. The zero-order valence-corrected chi connectivity index (χ0v) is 18.8. The first-order chi connectivity index (χ1) is 14.6. The van der Waals surface area contributed by atoms with Gasteiger partial charge in [0, 0.05) is 24.0 Å². The minimum Gasteiger partial charge on any atom is -0.462 e. The third-order valence-corrected chi connectivity index (χ3v) is 5.31. The van der Waals surface area contributed by atoms with Crippen molar-refractivity contribution in [1.29, 1.82) is 0 Å². The summed E-state index contributed by atoms with van der Waals surface area (Å²) in [4.78, 5) is 20.8. The highest BCUT2D eigenvalue weighted by Crippen LogP contribution is 2.17. The Morgan fingerprint density at radius 2 is 1.67 bits per heavy atom. The number of carbonyl (C=O) groups is 1. The van der Waals surface area contributed by atoms with E-state index in [2.05, 4.69) is 30.7 Å². The van der Waals surface area contributed by atoms with Crippen molar-refractivity contribution in [2.75, 3.05) is 6.61 Å². The number of aryl methyl sites for hydroxylation is 1. The highest BCUT2D eigenvalue weighted by molar-refractivity contribution is 5.87. The van der Waals surface area contributed by atoms with Crippen molar-refractivity contribution < 1.29 is 9.53 Å². The molecule has 0 N–H and O–H groups in total. The van der Waals surface area contributed by atoms with E-state index in [9.17, 15) is 4.79 Å². The Kier molecular flexibility index (Phi) is 10.8. The highest BCUT2D eigenvalue weighted by atomic mass is 16.5. The molecular weight excluding hydrogens is 372 g/mol. The van der Waals surface area contributed by atoms with Gasteiger partial charge in [-0.15, -0.1) is 0 Å². The van der Waals surface area contributed by atoms with Gasteiger partial charge < -0.3 is 4.74 Å². The lowest BCUT2D eigenvalue weighted by Gasteiger charge is -2.07. The van der Waals surface area contributed by atoms with Gasteiger partial charge in [-0.05, 0) is 36.0 Å². The summed E-state index contributed by atoms with van der Waals surface area (Å²) in [6.07, 6.45) is 17.0. The molecule has 0 aliphatic carbocycles. The van der Waals surface area contributed by atoms with Crippen LogP contribution in [0.4, 0.5) is 0 Å². The van der Waals surface area contributed by atoms with Gasteiger partial charge in [0.05, 0.1) is 6.61 Å². The molecule has 0 radical (unpaired) electrons. The fraction of sp³-hybridized carbons (Fsp3) is 0.500. The zero-order chi connectivity index (χ0) is 21.6. The Morgan fingerprint density at radius 1 is 1.00 bits per heavy atom. The number of rotatable bonds is 13. The van der Waals surface area contributed by atoms with Gasteiger partial charge in [0.2, 0.25) is 0 Å². The molecule has 0 amide bonds. The van der Waals surface area contributed by atoms with Crippen LogP contribution in [0.5, 0.6) is 0 Å². The normalized spacial score (nSPS) is 12.2. The predicted molar refractivity (Wildman–Crippen MR) is 124 cm³/mol. The van der Waals surface area contributed by atoms with Crippen LogP contribution in [0.15, 0.2) is 42.7 Å². The molecule has 162 valence electrons. The van der Waals surface area contributed by atoms with E-state index < -0.39 is 0 Å². The molecule has 0 fully saturated rings. The number of nitrogens with zero attached hydrogens (tertiary/aromatic N) is 2. The molecule has 1 aromatic heterocycles. The van der Waals surface area contributed by atoms with Crippen LogP contribution in [-0.4, -0.2) is 22.5 Å². The van der Waals surface area contributed by atoms with Crippen molar-refractivity contribution in [3.05, 3.63) is 53.9 Å². The minimum absolute atomic E-state index is 0.302. The fourth-order valence-electron chi connectivity index (χ4n) is 3.04. The van der Waals surface area contributed by atoms with E-state index >= 15 is 0 Å². The quantitative estimate of drug-likeness (QED) is 0.211. The van der Waals surface area contributed by atoms with E-state index in [1.54, 1.807) is 6.08 Å². The molecular formula is C26H36N2O2. The highest BCUT2D eigenvalue weighted by Gasteiger charge is 2.04. The van der Waals surface area contributed by atoms with Gasteiger partial charge in [-0.1, -0.05) is 83.6 Å². The van der Waals surface area contributed by atoms with Gasteiger partial charge in [0.15, 0.2) is 5.82 Å². The summed E-state index contributed by atoms with van der Waals surface area (Å²) in [5.74, 6) is 0.813. The first-order valence-corrected chi connectivity index (χ1v) is 11.4. The molecule has 0 aliphatic rings. The SMILES string of the molecule is CCCCCCCCc1cnc(-c2ccc(/C=C/C(=O)OC[C@H](C)CC)cc2)nc1. The maximum Gasteiger partial charge on any atom is 0.330 e. The van der Waals surface area contributed by atoms with E-state index in [1.165, 1.54) is 50.2 Å². The molecule has 0 saturated heterocycles. The van der Waals surface area contributed by atoms with Gasteiger partial charge in [-0.2, -0.15) is 0 Å². The number of ether oxygens (including phenoxy) is 1.